The van der Waals surface area contributed by atoms with Gasteiger partial charge in [0.25, 0.3) is 0 Å². The summed E-state index contributed by atoms with van der Waals surface area (Å²) >= 11 is 0. The monoisotopic (exact) mass is 145 g/mol. The Kier molecular flexibility index (Phi) is 1.48. The van der Waals surface area contributed by atoms with E-state index in [9.17, 15) is 9.59 Å². The van der Waals surface area contributed by atoms with E-state index < -0.39 is 24.2 Å². The maximum absolute atomic E-state index is 10.4. The van der Waals surface area contributed by atoms with Crippen LogP contribution >= 0.6 is 0 Å². The van der Waals surface area contributed by atoms with Crippen LogP contribution in [0.1, 0.15) is 6.92 Å². The molecule has 0 unspecified atom stereocenters. The zero-order chi connectivity index (χ0) is 7.72. The van der Waals surface area contributed by atoms with Crippen molar-refractivity contribution in [2.45, 2.75) is 19.1 Å². The molecule has 0 aromatic heterocycles. The SMILES string of the molecule is C[C@H]1NC(=O)O[C@@H]1C(=O)O. The van der Waals surface area contributed by atoms with Crippen LogP contribution in [-0.4, -0.2) is 29.3 Å². The highest BCUT2D eigenvalue weighted by Gasteiger charge is 2.36. The van der Waals surface area contributed by atoms with Crippen molar-refractivity contribution in [3.05, 3.63) is 0 Å². The fraction of sp³-hybridized carbons (Fsp3) is 0.600. The largest absolute Gasteiger partial charge is 0.478 e. The van der Waals surface area contributed by atoms with Gasteiger partial charge in [-0.2, -0.15) is 0 Å². The standard InChI is InChI=1S/C5H7NO4/c1-2-3(4(7)8)10-5(9)6-2/h2-3H,1H3,(H,6,9)(H,7,8)/t2-,3+/m1/s1. The molecular formula is C5H7NO4. The summed E-state index contributed by atoms with van der Waals surface area (Å²) in [4.78, 5) is 20.6. The first-order valence-electron chi connectivity index (χ1n) is 2.81. The van der Waals surface area contributed by atoms with Gasteiger partial charge in [-0.3, -0.25) is 0 Å². The first-order chi connectivity index (χ1) is 4.61. The molecule has 1 amide bonds. The zero-order valence-electron chi connectivity index (χ0n) is 5.33. The van der Waals surface area contributed by atoms with E-state index in [1.165, 1.54) is 0 Å². The van der Waals surface area contributed by atoms with Crippen LogP contribution in [0, 0.1) is 0 Å². The summed E-state index contributed by atoms with van der Waals surface area (Å²) in [6.45, 7) is 1.57. The molecule has 0 spiro atoms. The summed E-state index contributed by atoms with van der Waals surface area (Å²) in [5, 5.41) is 10.7. The van der Waals surface area contributed by atoms with E-state index in [0.717, 1.165) is 0 Å². The molecule has 1 saturated heterocycles. The molecule has 1 rings (SSSR count). The molecule has 0 radical (unpaired) electrons. The zero-order valence-corrected chi connectivity index (χ0v) is 5.33. The van der Waals surface area contributed by atoms with Crippen LogP contribution in [0.25, 0.3) is 0 Å². The van der Waals surface area contributed by atoms with Gasteiger partial charge >= 0.3 is 12.1 Å². The van der Waals surface area contributed by atoms with Crippen molar-refractivity contribution in [1.29, 1.82) is 0 Å². The fourth-order valence-corrected chi connectivity index (χ4v) is 0.777. The minimum atomic E-state index is -1.12. The highest BCUT2D eigenvalue weighted by molar-refractivity contribution is 5.81. The second kappa shape index (κ2) is 2.17. The van der Waals surface area contributed by atoms with E-state index >= 15 is 0 Å². The fourth-order valence-electron chi connectivity index (χ4n) is 0.777. The average molecular weight is 145 g/mol. The molecule has 10 heavy (non-hydrogen) atoms. The topological polar surface area (TPSA) is 75.6 Å². The summed E-state index contributed by atoms with van der Waals surface area (Å²) < 4.78 is 4.39. The minimum absolute atomic E-state index is 0.440. The van der Waals surface area contributed by atoms with Gasteiger partial charge in [0.05, 0.1) is 6.04 Å². The normalized spacial score (nSPS) is 31.1. The Balaban J connectivity index is 2.63. The van der Waals surface area contributed by atoms with Gasteiger partial charge in [-0.25, -0.2) is 9.59 Å². The van der Waals surface area contributed by atoms with Crippen LogP contribution in [0.5, 0.6) is 0 Å². The van der Waals surface area contributed by atoms with Gasteiger partial charge in [0.2, 0.25) is 6.10 Å². The molecule has 56 valence electrons. The van der Waals surface area contributed by atoms with Crippen LogP contribution in [0.3, 0.4) is 0 Å². The number of amides is 1. The van der Waals surface area contributed by atoms with Crippen LogP contribution in [0.4, 0.5) is 4.79 Å². The number of carboxylic acids is 1. The lowest BCUT2D eigenvalue weighted by Crippen LogP contribution is -2.33. The van der Waals surface area contributed by atoms with Crippen LogP contribution in [-0.2, 0) is 9.53 Å². The lowest BCUT2D eigenvalue weighted by atomic mass is 10.2. The average Bonchev–Trinajstić information content (AvgIpc) is 2.10. The molecule has 1 aliphatic heterocycles. The smallest absolute Gasteiger partial charge is 0.408 e. The number of hydrogen-bond donors (Lipinski definition) is 2. The number of rotatable bonds is 1. The van der Waals surface area contributed by atoms with Crippen molar-refractivity contribution in [2.75, 3.05) is 0 Å². The molecule has 1 aliphatic rings. The van der Waals surface area contributed by atoms with Crippen molar-refractivity contribution in [3.8, 4) is 0 Å². The van der Waals surface area contributed by atoms with Gasteiger partial charge in [-0.15, -0.1) is 0 Å². The van der Waals surface area contributed by atoms with Gasteiger partial charge in [0.1, 0.15) is 0 Å². The van der Waals surface area contributed by atoms with Gasteiger partial charge in [-0.1, -0.05) is 0 Å². The molecule has 5 heteroatoms. The highest BCUT2D eigenvalue weighted by Crippen LogP contribution is 2.07. The number of carbonyl (C=O) groups is 2. The summed E-state index contributed by atoms with van der Waals surface area (Å²) in [5.41, 5.74) is 0. The lowest BCUT2D eigenvalue weighted by Gasteiger charge is -2.04. The van der Waals surface area contributed by atoms with E-state index in [1.807, 2.05) is 0 Å². The predicted octanol–water partition coefficient (Wildman–Crippen LogP) is -0.432. The van der Waals surface area contributed by atoms with Crippen molar-refractivity contribution in [1.82, 2.24) is 5.32 Å². The van der Waals surface area contributed by atoms with Gasteiger partial charge in [-0.05, 0) is 6.92 Å². The maximum Gasteiger partial charge on any atom is 0.408 e. The van der Waals surface area contributed by atoms with Crippen LogP contribution in [0.15, 0.2) is 0 Å². The molecule has 2 atom stereocenters. The van der Waals surface area contributed by atoms with E-state index in [-0.39, 0.29) is 0 Å². The molecule has 0 aromatic rings. The van der Waals surface area contributed by atoms with E-state index in [0.29, 0.717) is 0 Å². The molecule has 2 N–H and O–H groups in total. The summed E-state index contributed by atoms with van der Waals surface area (Å²) in [6, 6.07) is -0.440. The first-order valence-corrected chi connectivity index (χ1v) is 2.81. The summed E-state index contributed by atoms with van der Waals surface area (Å²) in [7, 11) is 0. The number of hydrogen-bond acceptors (Lipinski definition) is 3. The first kappa shape index (κ1) is 6.85. The molecule has 0 saturated carbocycles. The third kappa shape index (κ3) is 1.02. The lowest BCUT2D eigenvalue weighted by molar-refractivity contribution is -0.145. The summed E-state index contributed by atoms with van der Waals surface area (Å²) in [6.07, 6.45) is -1.70. The number of carbonyl (C=O) groups excluding carboxylic acids is 1. The quantitative estimate of drug-likeness (QED) is 0.524. The Labute approximate surface area is 57.0 Å². The second-order valence-electron chi connectivity index (χ2n) is 2.10. The predicted molar refractivity (Wildman–Crippen MR) is 30.5 cm³/mol. The van der Waals surface area contributed by atoms with Gasteiger partial charge in [0, 0.05) is 0 Å². The Morgan fingerprint density at radius 2 is 2.40 bits per heavy atom. The summed E-state index contributed by atoms with van der Waals surface area (Å²) in [5.74, 6) is -1.12. The molecule has 1 heterocycles. The van der Waals surface area contributed by atoms with Crippen LogP contribution < -0.4 is 5.32 Å². The molecule has 0 bridgehead atoms. The Hall–Kier alpha value is -1.26. The highest BCUT2D eigenvalue weighted by atomic mass is 16.6. The molecule has 0 aromatic carbocycles. The van der Waals surface area contributed by atoms with Crippen LogP contribution in [0.2, 0.25) is 0 Å². The van der Waals surface area contributed by atoms with Gasteiger partial charge < -0.3 is 15.2 Å². The van der Waals surface area contributed by atoms with Crippen molar-refractivity contribution in [3.63, 3.8) is 0 Å². The minimum Gasteiger partial charge on any atom is -0.478 e. The Morgan fingerprint density at radius 1 is 1.80 bits per heavy atom. The van der Waals surface area contributed by atoms with E-state index in [4.69, 9.17) is 5.11 Å². The van der Waals surface area contributed by atoms with Crippen molar-refractivity contribution >= 4 is 12.1 Å². The molecular weight excluding hydrogens is 138 g/mol. The number of aliphatic carboxylic acids is 1. The molecule has 0 aliphatic carbocycles. The second-order valence-corrected chi connectivity index (χ2v) is 2.10. The Bertz CT molecular complexity index is 178. The maximum atomic E-state index is 10.4. The molecule has 5 nitrogen and oxygen atoms in total. The number of ether oxygens (including phenoxy) is 1. The van der Waals surface area contributed by atoms with E-state index in [1.54, 1.807) is 6.92 Å². The van der Waals surface area contributed by atoms with E-state index in [2.05, 4.69) is 10.1 Å². The Morgan fingerprint density at radius 3 is 2.60 bits per heavy atom. The third-order valence-corrected chi connectivity index (χ3v) is 1.28. The number of cyclic esters (lactones) is 1. The van der Waals surface area contributed by atoms with Gasteiger partial charge in [0.15, 0.2) is 0 Å². The number of carboxylic acid groups (broad SMARTS) is 1. The number of nitrogens with one attached hydrogen (secondary N) is 1. The van der Waals surface area contributed by atoms with Crippen molar-refractivity contribution < 1.29 is 19.4 Å². The molecule has 1 fully saturated rings. The van der Waals surface area contributed by atoms with Crippen molar-refractivity contribution in [2.24, 2.45) is 0 Å². The third-order valence-electron chi connectivity index (χ3n) is 1.28. The number of alkyl carbamates (subject to hydrolysis) is 1.